The number of aryl methyl sites for hydroxylation is 2. The number of hydrogen-bond acceptors (Lipinski definition) is 1. The van der Waals surface area contributed by atoms with Crippen molar-refractivity contribution in [3.05, 3.63) is 52.0 Å². The molecule has 2 rings (SSSR count). The molecule has 0 fully saturated rings. The highest BCUT2D eigenvalue weighted by atomic mass is 79.9. The lowest BCUT2D eigenvalue weighted by molar-refractivity contribution is 0.101. The van der Waals surface area contributed by atoms with Crippen LogP contribution in [0.1, 0.15) is 23.0 Å². The van der Waals surface area contributed by atoms with Crippen LogP contribution in [0.15, 0.2) is 34.9 Å². The Balaban J connectivity index is 2.27. The maximum atomic E-state index is 13.6. The summed E-state index contributed by atoms with van der Waals surface area (Å²) < 4.78 is 16.2. The normalized spacial score (nSPS) is 10.5. The van der Waals surface area contributed by atoms with Gasteiger partial charge in [-0.2, -0.15) is 0 Å². The van der Waals surface area contributed by atoms with Crippen molar-refractivity contribution in [1.82, 2.24) is 4.57 Å². The first-order valence-electron chi connectivity index (χ1n) is 5.94. The van der Waals surface area contributed by atoms with E-state index in [-0.39, 0.29) is 11.6 Å². The average Bonchev–Trinajstić information content (AvgIpc) is 2.75. The Morgan fingerprint density at radius 2 is 2.16 bits per heavy atom. The molecule has 5 heteroatoms. The molecule has 1 aromatic carbocycles. The van der Waals surface area contributed by atoms with Crippen molar-refractivity contribution in [1.29, 1.82) is 0 Å². The van der Waals surface area contributed by atoms with Crippen LogP contribution in [-0.4, -0.2) is 10.5 Å². The SMILES string of the molecule is CCn1cc(Br)cc1C(=O)Nc1cc(C)ccc1F. The van der Waals surface area contributed by atoms with Gasteiger partial charge in [0.2, 0.25) is 0 Å². The summed E-state index contributed by atoms with van der Waals surface area (Å²) in [6, 6.07) is 6.34. The van der Waals surface area contributed by atoms with E-state index in [0.717, 1.165) is 10.0 Å². The number of hydrogen-bond donors (Lipinski definition) is 1. The number of halogens is 2. The second-order valence-electron chi connectivity index (χ2n) is 4.27. The van der Waals surface area contributed by atoms with Gasteiger partial charge < -0.3 is 9.88 Å². The molecule has 0 bridgehead atoms. The fraction of sp³-hybridized carbons (Fsp3) is 0.214. The summed E-state index contributed by atoms with van der Waals surface area (Å²) in [7, 11) is 0. The fourth-order valence-corrected chi connectivity index (χ4v) is 2.31. The molecule has 19 heavy (non-hydrogen) atoms. The number of nitrogens with zero attached hydrogens (tertiary/aromatic N) is 1. The maximum Gasteiger partial charge on any atom is 0.272 e. The molecule has 0 spiro atoms. The summed E-state index contributed by atoms with van der Waals surface area (Å²) in [5, 5.41) is 2.60. The third-order valence-corrected chi connectivity index (χ3v) is 3.24. The minimum absolute atomic E-state index is 0.199. The van der Waals surface area contributed by atoms with Crippen molar-refractivity contribution in [3.63, 3.8) is 0 Å². The number of anilines is 1. The topological polar surface area (TPSA) is 34.0 Å². The molecule has 1 aromatic heterocycles. The van der Waals surface area contributed by atoms with Gasteiger partial charge in [0.05, 0.1) is 5.69 Å². The van der Waals surface area contributed by atoms with Crippen LogP contribution in [0.3, 0.4) is 0 Å². The minimum atomic E-state index is -0.437. The van der Waals surface area contributed by atoms with E-state index in [4.69, 9.17) is 0 Å². The van der Waals surface area contributed by atoms with Crippen LogP contribution in [0, 0.1) is 12.7 Å². The van der Waals surface area contributed by atoms with Crippen LogP contribution in [0.4, 0.5) is 10.1 Å². The number of aromatic nitrogens is 1. The Morgan fingerprint density at radius 3 is 2.84 bits per heavy atom. The van der Waals surface area contributed by atoms with E-state index in [0.29, 0.717) is 12.2 Å². The molecule has 100 valence electrons. The Morgan fingerprint density at radius 1 is 1.42 bits per heavy atom. The summed E-state index contributed by atoms with van der Waals surface area (Å²) >= 11 is 3.33. The molecule has 1 amide bonds. The molecule has 0 saturated carbocycles. The zero-order valence-corrected chi connectivity index (χ0v) is 12.3. The maximum absolute atomic E-state index is 13.6. The number of carbonyl (C=O) groups excluding carboxylic acids is 1. The molecule has 1 N–H and O–H groups in total. The molecule has 0 radical (unpaired) electrons. The molecule has 0 aliphatic rings. The number of nitrogens with one attached hydrogen (secondary N) is 1. The predicted molar refractivity (Wildman–Crippen MR) is 76.9 cm³/mol. The summed E-state index contributed by atoms with van der Waals surface area (Å²) in [6.07, 6.45) is 1.82. The monoisotopic (exact) mass is 324 g/mol. The van der Waals surface area contributed by atoms with Gasteiger partial charge in [0.25, 0.3) is 5.91 Å². The van der Waals surface area contributed by atoms with Crippen LogP contribution in [0.2, 0.25) is 0 Å². The standard InChI is InChI=1S/C14H14BrFN2O/c1-3-18-8-10(15)7-13(18)14(19)17-12-6-9(2)4-5-11(12)16/h4-8H,3H2,1-2H3,(H,17,19). The van der Waals surface area contributed by atoms with Crippen molar-refractivity contribution < 1.29 is 9.18 Å². The van der Waals surface area contributed by atoms with Crippen LogP contribution in [0.5, 0.6) is 0 Å². The van der Waals surface area contributed by atoms with Gasteiger partial charge in [0, 0.05) is 17.2 Å². The molecule has 0 aliphatic carbocycles. The van der Waals surface area contributed by atoms with Crippen molar-refractivity contribution in [3.8, 4) is 0 Å². The Hall–Kier alpha value is -1.62. The number of rotatable bonds is 3. The van der Waals surface area contributed by atoms with E-state index in [1.807, 2.05) is 20.0 Å². The molecule has 1 heterocycles. The van der Waals surface area contributed by atoms with Crippen molar-refractivity contribution >= 4 is 27.5 Å². The Bertz CT molecular complexity index is 622. The zero-order valence-electron chi connectivity index (χ0n) is 10.7. The highest BCUT2D eigenvalue weighted by Crippen LogP contribution is 2.19. The van der Waals surface area contributed by atoms with E-state index < -0.39 is 5.82 Å². The number of benzene rings is 1. The van der Waals surface area contributed by atoms with Crippen molar-refractivity contribution in [2.45, 2.75) is 20.4 Å². The summed E-state index contributed by atoms with van der Waals surface area (Å²) in [5.41, 5.74) is 1.59. The first kappa shape index (κ1) is 13.8. The smallest absolute Gasteiger partial charge is 0.272 e. The minimum Gasteiger partial charge on any atom is -0.343 e. The Kier molecular flexibility index (Phi) is 4.04. The van der Waals surface area contributed by atoms with Gasteiger partial charge in [-0.1, -0.05) is 6.07 Å². The van der Waals surface area contributed by atoms with Gasteiger partial charge in [-0.25, -0.2) is 4.39 Å². The first-order valence-corrected chi connectivity index (χ1v) is 6.73. The van der Waals surface area contributed by atoms with Crippen LogP contribution in [0.25, 0.3) is 0 Å². The van der Waals surface area contributed by atoms with Crippen LogP contribution in [-0.2, 0) is 6.54 Å². The molecule has 3 nitrogen and oxygen atoms in total. The lowest BCUT2D eigenvalue weighted by Gasteiger charge is -2.09. The third kappa shape index (κ3) is 3.04. The molecule has 0 unspecified atom stereocenters. The molecular weight excluding hydrogens is 311 g/mol. The lowest BCUT2D eigenvalue weighted by Crippen LogP contribution is -2.17. The second kappa shape index (κ2) is 5.57. The first-order chi connectivity index (χ1) is 9.01. The highest BCUT2D eigenvalue weighted by molar-refractivity contribution is 9.10. The van der Waals surface area contributed by atoms with E-state index in [1.165, 1.54) is 6.07 Å². The van der Waals surface area contributed by atoms with Gasteiger partial charge in [-0.15, -0.1) is 0 Å². The van der Waals surface area contributed by atoms with Gasteiger partial charge in [-0.3, -0.25) is 4.79 Å². The summed E-state index contributed by atoms with van der Waals surface area (Å²) in [5.74, 6) is -0.760. The molecule has 0 aliphatic heterocycles. The van der Waals surface area contributed by atoms with Crippen molar-refractivity contribution in [2.24, 2.45) is 0 Å². The molecule has 0 saturated heterocycles. The van der Waals surface area contributed by atoms with E-state index in [2.05, 4.69) is 21.2 Å². The molecular formula is C14H14BrFN2O. The van der Waals surface area contributed by atoms with E-state index in [1.54, 1.807) is 22.8 Å². The zero-order chi connectivity index (χ0) is 14.0. The second-order valence-corrected chi connectivity index (χ2v) is 5.18. The van der Waals surface area contributed by atoms with Gasteiger partial charge in [0.15, 0.2) is 0 Å². The largest absolute Gasteiger partial charge is 0.343 e. The van der Waals surface area contributed by atoms with Gasteiger partial charge >= 0.3 is 0 Å². The number of amides is 1. The third-order valence-electron chi connectivity index (χ3n) is 2.81. The summed E-state index contributed by atoms with van der Waals surface area (Å²) in [6.45, 7) is 4.46. The fourth-order valence-electron chi connectivity index (χ4n) is 1.85. The van der Waals surface area contributed by atoms with E-state index >= 15 is 0 Å². The molecule has 0 atom stereocenters. The summed E-state index contributed by atoms with van der Waals surface area (Å²) in [4.78, 5) is 12.2. The quantitative estimate of drug-likeness (QED) is 0.910. The average molecular weight is 325 g/mol. The number of carbonyl (C=O) groups is 1. The highest BCUT2D eigenvalue weighted by Gasteiger charge is 2.14. The molecule has 2 aromatic rings. The van der Waals surface area contributed by atoms with Crippen molar-refractivity contribution in [2.75, 3.05) is 5.32 Å². The van der Waals surface area contributed by atoms with Gasteiger partial charge in [-0.05, 0) is 53.5 Å². The van der Waals surface area contributed by atoms with Crippen LogP contribution < -0.4 is 5.32 Å². The van der Waals surface area contributed by atoms with E-state index in [9.17, 15) is 9.18 Å². The predicted octanol–water partition coefficient (Wildman–Crippen LogP) is 3.97. The lowest BCUT2D eigenvalue weighted by atomic mass is 10.2. The van der Waals surface area contributed by atoms with Gasteiger partial charge in [0.1, 0.15) is 11.5 Å². The Labute approximate surface area is 119 Å². The van der Waals surface area contributed by atoms with Crippen LogP contribution >= 0.6 is 15.9 Å².